The molecule has 2 saturated heterocycles. The minimum absolute atomic E-state index is 0.00285. The van der Waals surface area contributed by atoms with Crippen molar-refractivity contribution in [3.8, 4) is 5.75 Å². The molecule has 2 heterocycles. The molecule has 2 aliphatic heterocycles. The fourth-order valence-corrected chi connectivity index (χ4v) is 3.99. The Morgan fingerprint density at radius 3 is 2.63 bits per heavy atom. The molecule has 6 heteroatoms. The summed E-state index contributed by atoms with van der Waals surface area (Å²) in [4.78, 5) is 26.4. The maximum atomic E-state index is 12.4. The van der Waals surface area contributed by atoms with Gasteiger partial charge in [-0.05, 0) is 57.8 Å². The van der Waals surface area contributed by atoms with E-state index in [0.29, 0.717) is 17.9 Å². The van der Waals surface area contributed by atoms with Crippen LogP contribution < -0.4 is 10.1 Å². The van der Waals surface area contributed by atoms with Crippen molar-refractivity contribution < 1.29 is 19.1 Å². The molecular weight excluding hydrogens is 344 g/mol. The number of carbonyl (C=O) groups excluding carboxylic acids is 2. The van der Waals surface area contributed by atoms with Gasteiger partial charge >= 0.3 is 0 Å². The second-order valence-corrected chi connectivity index (χ2v) is 7.53. The highest BCUT2D eigenvalue weighted by molar-refractivity contribution is 5.94. The Labute approximate surface area is 161 Å². The fraction of sp³-hybridized carbons (Fsp3) is 0.619. The summed E-state index contributed by atoms with van der Waals surface area (Å²) in [6.45, 7) is 5.80. The van der Waals surface area contributed by atoms with Gasteiger partial charge < -0.3 is 14.8 Å². The molecular formula is C21H30N2O4. The molecule has 0 saturated carbocycles. The van der Waals surface area contributed by atoms with Crippen LogP contribution in [0.1, 0.15) is 49.4 Å². The van der Waals surface area contributed by atoms with Crippen LogP contribution in [0.4, 0.5) is 0 Å². The quantitative estimate of drug-likeness (QED) is 0.743. The predicted molar refractivity (Wildman–Crippen MR) is 103 cm³/mol. The van der Waals surface area contributed by atoms with E-state index in [1.807, 2.05) is 0 Å². The average molecular weight is 374 g/mol. The molecule has 6 nitrogen and oxygen atoms in total. The van der Waals surface area contributed by atoms with Crippen molar-refractivity contribution in [2.24, 2.45) is 0 Å². The van der Waals surface area contributed by atoms with Gasteiger partial charge in [-0.2, -0.15) is 0 Å². The van der Waals surface area contributed by atoms with Crippen LogP contribution in [0.15, 0.2) is 24.3 Å². The van der Waals surface area contributed by atoms with Gasteiger partial charge in [-0.15, -0.1) is 0 Å². The van der Waals surface area contributed by atoms with E-state index < -0.39 is 0 Å². The first-order valence-corrected chi connectivity index (χ1v) is 9.92. The zero-order valence-corrected chi connectivity index (χ0v) is 16.2. The van der Waals surface area contributed by atoms with Gasteiger partial charge in [0.05, 0.1) is 0 Å². The van der Waals surface area contributed by atoms with Gasteiger partial charge in [0.15, 0.2) is 12.4 Å². The number of amides is 1. The third-order valence-electron chi connectivity index (χ3n) is 5.68. The Hall–Kier alpha value is -1.92. The van der Waals surface area contributed by atoms with E-state index in [1.165, 1.54) is 26.2 Å². The number of piperidine rings is 1. The van der Waals surface area contributed by atoms with Gasteiger partial charge in [-0.1, -0.05) is 18.6 Å². The van der Waals surface area contributed by atoms with E-state index in [1.54, 1.807) is 24.3 Å². The number of ketones is 1. The smallest absolute Gasteiger partial charge is 0.258 e. The zero-order valence-electron chi connectivity index (χ0n) is 16.2. The molecule has 3 rings (SSSR count). The Morgan fingerprint density at radius 1 is 1.19 bits per heavy atom. The first-order chi connectivity index (χ1) is 13.1. The monoisotopic (exact) mass is 374 g/mol. The second-order valence-electron chi connectivity index (χ2n) is 7.53. The summed E-state index contributed by atoms with van der Waals surface area (Å²) in [5, 5.41) is 3.07. The van der Waals surface area contributed by atoms with Crippen molar-refractivity contribution in [2.45, 2.75) is 44.6 Å². The number of likely N-dealkylation sites (tertiary alicyclic amines) is 1. The summed E-state index contributed by atoms with van der Waals surface area (Å²) in [5.41, 5.74) is 0.585. The number of Topliss-reactive ketones (excluding diaryl/α,β-unsaturated/α-hetero) is 1. The Bertz CT molecular complexity index is 649. The van der Waals surface area contributed by atoms with E-state index in [9.17, 15) is 9.59 Å². The molecule has 148 valence electrons. The summed E-state index contributed by atoms with van der Waals surface area (Å²) in [6.07, 6.45) is 5.66. The molecule has 0 spiro atoms. The first kappa shape index (κ1) is 19.8. The van der Waals surface area contributed by atoms with E-state index >= 15 is 0 Å². The molecule has 0 atom stereocenters. The number of nitrogens with zero attached hydrogens (tertiary/aromatic N) is 1. The average Bonchev–Trinajstić information content (AvgIpc) is 2.72. The van der Waals surface area contributed by atoms with E-state index in [0.717, 1.165) is 39.1 Å². The van der Waals surface area contributed by atoms with Crippen LogP contribution in [0, 0.1) is 0 Å². The SMILES string of the molecule is CC(=O)c1cccc(OCC(=O)NCC2(N3CCCCC3)CCOCC2)c1. The number of hydrogen-bond acceptors (Lipinski definition) is 5. The highest BCUT2D eigenvalue weighted by Crippen LogP contribution is 2.30. The molecule has 27 heavy (non-hydrogen) atoms. The fourth-order valence-electron chi connectivity index (χ4n) is 3.99. The summed E-state index contributed by atoms with van der Waals surface area (Å²) < 4.78 is 11.1. The highest BCUT2D eigenvalue weighted by Gasteiger charge is 2.39. The normalized spacial score (nSPS) is 20.0. The third-order valence-corrected chi connectivity index (χ3v) is 5.68. The van der Waals surface area contributed by atoms with Crippen LogP contribution in [0.3, 0.4) is 0 Å². The van der Waals surface area contributed by atoms with Crippen LogP contribution in [0.5, 0.6) is 5.75 Å². The maximum Gasteiger partial charge on any atom is 0.258 e. The van der Waals surface area contributed by atoms with Crippen molar-refractivity contribution in [1.82, 2.24) is 10.2 Å². The molecule has 2 fully saturated rings. The van der Waals surface area contributed by atoms with Gasteiger partial charge in [0.25, 0.3) is 5.91 Å². The minimum atomic E-state index is -0.133. The van der Waals surface area contributed by atoms with Crippen LogP contribution in [-0.4, -0.2) is 61.6 Å². The summed E-state index contributed by atoms with van der Waals surface area (Å²) in [6, 6.07) is 6.93. The molecule has 0 unspecified atom stereocenters. The van der Waals surface area contributed by atoms with Crippen LogP contribution in [0.2, 0.25) is 0 Å². The molecule has 0 radical (unpaired) electrons. The second kappa shape index (κ2) is 9.33. The first-order valence-electron chi connectivity index (χ1n) is 9.92. The summed E-state index contributed by atoms with van der Waals surface area (Å²) in [7, 11) is 0. The maximum absolute atomic E-state index is 12.4. The van der Waals surface area contributed by atoms with Crippen molar-refractivity contribution in [3.05, 3.63) is 29.8 Å². The van der Waals surface area contributed by atoms with Crippen molar-refractivity contribution >= 4 is 11.7 Å². The van der Waals surface area contributed by atoms with Crippen LogP contribution >= 0.6 is 0 Å². The largest absolute Gasteiger partial charge is 0.484 e. The van der Waals surface area contributed by atoms with E-state index in [-0.39, 0.29) is 23.8 Å². The van der Waals surface area contributed by atoms with Gasteiger partial charge in [0.1, 0.15) is 5.75 Å². The number of rotatable bonds is 7. The van der Waals surface area contributed by atoms with E-state index in [2.05, 4.69) is 10.2 Å². The number of nitrogens with one attached hydrogen (secondary N) is 1. The van der Waals surface area contributed by atoms with Gasteiger partial charge in [0.2, 0.25) is 0 Å². The lowest BCUT2D eigenvalue weighted by molar-refractivity contribution is -0.124. The standard InChI is InChI=1S/C21H30N2O4/c1-17(24)18-6-5-7-19(14-18)27-15-20(25)22-16-21(8-12-26-13-9-21)23-10-3-2-4-11-23/h5-7,14H,2-4,8-13,15-16H2,1H3,(H,22,25). The lowest BCUT2D eigenvalue weighted by Crippen LogP contribution is -2.59. The summed E-state index contributed by atoms with van der Waals surface area (Å²) >= 11 is 0. The number of ether oxygens (including phenoxy) is 2. The number of carbonyl (C=O) groups is 2. The van der Waals surface area contributed by atoms with Crippen molar-refractivity contribution in [2.75, 3.05) is 39.5 Å². The van der Waals surface area contributed by atoms with Gasteiger partial charge in [0, 0.05) is 30.9 Å². The minimum Gasteiger partial charge on any atom is -0.484 e. The predicted octanol–water partition coefficient (Wildman–Crippen LogP) is 2.42. The third kappa shape index (κ3) is 5.30. The highest BCUT2D eigenvalue weighted by atomic mass is 16.5. The van der Waals surface area contributed by atoms with Crippen LogP contribution in [-0.2, 0) is 9.53 Å². The summed E-state index contributed by atoms with van der Waals surface area (Å²) in [5.74, 6) is 0.383. The zero-order chi connectivity index (χ0) is 19.1. The lowest BCUT2D eigenvalue weighted by Gasteiger charge is -2.48. The van der Waals surface area contributed by atoms with Gasteiger partial charge in [-0.3, -0.25) is 14.5 Å². The van der Waals surface area contributed by atoms with Gasteiger partial charge in [-0.25, -0.2) is 0 Å². The molecule has 1 amide bonds. The van der Waals surface area contributed by atoms with E-state index in [4.69, 9.17) is 9.47 Å². The van der Waals surface area contributed by atoms with Crippen molar-refractivity contribution in [3.63, 3.8) is 0 Å². The van der Waals surface area contributed by atoms with Crippen molar-refractivity contribution in [1.29, 1.82) is 0 Å². The Balaban J connectivity index is 1.53. The molecule has 0 aromatic heterocycles. The Kier molecular flexibility index (Phi) is 6.85. The van der Waals surface area contributed by atoms with Crippen LogP contribution in [0.25, 0.3) is 0 Å². The lowest BCUT2D eigenvalue weighted by atomic mass is 9.86. The number of hydrogen-bond donors (Lipinski definition) is 1. The number of benzene rings is 1. The molecule has 1 N–H and O–H groups in total. The molecule has 0 bridgehead atoms. The molecule has 1 aromatic rings. The molecule has 2 aliphatic rings. The topological polar surface area (TPSA) is 67.9 Å². The molecule has 1 aromatic carbocycles. The Morgan fingerprint density at radius 2 is 1.93 bits per heavy atom. The molecule has 0 aliphatic carbocycles.